The van der Waals surface area contributed by atoms with Gasteiger partial charge in [0.1, 0.15) is 0 Å². The Balaban J connectivity index is 2.91. The summed E-state index contributed by atoms with van der Waals surface area (Å²) in [6, 6.07) is 6.86. The predicted molar refractivity (Wildman–Crippen MR) is 81.1 cm³/mol. The van der Waals surface area contributed by atoms with E-state index in [1.165, 1.54) is 0 Å². The first-order chi connectivity index (χ1) is 10.4. The zero-order chi connectivity index (χ0) is 16.6. The highest BCUT2D eigenvalue weighted by Gasteiger charge is 2.43. The monoisotopic (exact) mass is 336 g/mol. The molecule has 0 saturated carbocycles. The number of hydrogen-bond donors (Lipinski definition) is 0. The van der Waals surface area contributed by atoms with E-state index in [0.29, 0.717) is 25.4 Å². The van der Waals surface area contributed by atoms with Crippen molar-refractivity contribution in [3.8, 4) is 0 Å². The Morgan fingerprint density at radius 3 is 1.68 bits per heavy atom. The van der Waals surface area contributed by atoms with E-state index in [1.807, 2.05) is 20.8 Å². The first-order valence-electron chi connectivity index (χ1n) is 7.45. The van der Waals surface area contributed by atoms with Crippen molar-refractivity contribution < 1.29 is 26.4 Å². The van der Waals surface area contributed by atoms with Gasteiger partial charge >= 0.3 is 15.0 Å². The molecular weight excluding hydrogens is 313 g/mol. The second kappa shape index (κ2) is 8.66. The largest absolute Gasteiger partial charge is 0.537 e. The fourth-order valence-electron chi connectivity index (χ4n) is 2.11. The predicted octanol–water partition coefficient (Wildman–Crippen LogP) is 3.44. The number of aryl methyl sites for hydroxylation is 1. The lowest BCUT2D eigenvalue weighted by atomic mass is 10.1. The number of rotatable bonds is 9. The van der Waals surface area contributed by atoms with Crippen molar-refractivity contribution in [2.45, 2.75) is 39.8 Å². The molecule has 0 fully saturated rings. The van der Waals surface area contributed by atoms with E-state index < -0.39 is 21.4 Å². The van der Waals surface area contributed by atoms with Crippen molar-refractivity contribution in [2.24, 2.45) is 0 Å². The second-order valence-electron chi connectivity index (χ2n) is 4.67. The Morgan fingerprint density at radius 2 is 1.32 bits per heavy atom. The van der Waals surface area contributed by atoms with Crippen molar-refractivity contribution in [2.75, 3.05) is 19.8 Å². The molecule has 0 saturated heterocycles. The molecule has 126 valence electrons. The molecule has 0 amide bonds. The number of halogens is 3. The summed E-state index contributed by atoms with van der Waals surface area (Å²) in [4.78, 5) is 0. The minimum Gasteiger partial charge on any atom is -0.370 e. The summed E-state index contributed by atoms with van der Waals surface area (Å²) in [6.45, 7) is 6.92. The summed E-state index contributed by atoms with van der Waals surface area (Å²) in [5.74, 6) is 0. The van der Waals surface area contributed by atoms with E-state index in [4.69, 9.17) is 13.3 Å². The second-order valence-corrected chi connectivity index (χ2v) is 7.22. The Bertz CT molecular complexity index is 418. The quantitative estimate of drug-likeness (QED) is 0.647. The molecule has 7 heteroatoms. The molecule has 0 unspecified atom stereocenters. The highest BCUT2D eigenvalue weighted by Crippen LogP contribution is 2.22. The van der Waals surface area contributed by atoms with Gasteiger partial charge in [-0.05, 0) is 32.8 Å². The fraction of sp³-hybridized carbons (Fsp3) is 0.600. The molecule has 0 N–H and O–H groups in total. The van der Waals surface area contributed by atoms with E-state index in [2.05, 4.69) is 0 Å². The van der Waals surface area contributed by atoms with Gasteiger partial charge in [-0.2, -0.15) is 13.2 Å². The van der Waals surface area contributed by atoms with Crippen LogP contribution in [0, 0.1) is 0 Å². The molecule has 22 heavy (non-hydrogen) atoms. The molecule has 0 aliphatic rings. The van der Waals surface area contributed by atoms with Gasteiger partial charge in [0.2, 0.25) is 0 Å². The van der Waals surface area contributed by atoms with Gasteiger partial charge in [0, 0.05) is 31.4 Å². The fourth-order valence-corrected chi connectivity index (χ4v) is 4.57. The molecule has 0 radical (unpaired) electrons. The molecule has 1 rings (SSSR count). The summed E-state index contributed by atoms with van der Waals surface area (Å²) in [5.41, 5.74) is 0.633. The van der Waals surface area contributed by atoms with Gasteiger partial charge < -0.3 is 13.3 Å². The summed E-state index contributed by atoms with van der Waals surface area (Å²) < 4.78 is 54.1. The van der Waals surface area contributed by atoms with Crippen LogP contribution in [0.25, 0.3) is 0 Å². The average Bonchev–Trinajstić information content (AvgIpc) is 2.45. The van der Waals surface area contributed by atoms with Crippen molar-refractivity contribution in [1.82, 2.24) is 0 Å². The lowest BCUT2D eigenvalue weighted by Gasteiger charge is -2.28. The Kier molecular flexibility index (Phi) is 7.54. The van der Waals surface area contributed by atoms with Gasteiger partial charge in [-0.15, -0.1) is 0 Å². The van der Waals surface area contributed by atoms with Crippen LogP contribution in [-0.4, -0.2) is 34.8 Å². The average molecular weight is 336 g/mol. The molecule has 0 heterocycles. The van der Waals surface area contributed by atoms with E-state index in [0.717, 1.165) is 5.19 Å². The Hall–Kier alpha value is -0.893. The SMILES string of the molecule is CCO[Si](OCC)(OCC)c1ccc(CCC(F)(F)F)cc1. The van der Waals surface area contributed by atoms with E-state index in [9.17, 15) is 13.2 Å². The minimum atomic E-state index is -4.14. The van der Waals surface area contributed by atoms with Crippen LogP contribution in [0.4, 0.5) is 13.2 Å². The van der Waals surface area contributed by atoms with Gasteiger partial charge in [-0.1, -0.05) is 24.3 Å². The van der Waals surface area contributed by atoms with E-state index in [-0.39, 0.29) is 6.42 Å². The van der Waals surface area contributed by atoms with E-state index >= 15 is 0 Å². The first kappa shape index (κ1) is 19.2. The Labute approximate surface area is 130 Å². The lowest BCUT2D eigenvalue weighted by molar-refractivity contribution is -0.134. The van der Waals surface area contributed by atoms with Crippen LogP contribution < -0.4 is 5.19 Å². The molecule has 0 aromatic heterocycles. The van der Waals surface area contributed by atoms with Crippen molar-refractivity contribution in [1.29, 1.82) is 0 Å². The highest BCUT2D eigenvalue weighted by molar-refractivity contribution is 6.75. The lowest BCUT2D eigenvalue weighted by Crippen LogP contribution is -2.56. The molecule has 1 aromatic carbocycles. The maximum Gasteiger partial charge on any atom is 0.537 e. The zero-order valence-corrected chi connectivity index (χ0v) is 14.2. The third-order valence-electron chi connectivity index (χ3n) is 3.01. The molecule has 0 atom stereocenters. The topological polar surface area (TPSA) is 27.7 Å². The number of benzene rings is 1. The smallest absolute Gasteiger partial charge is 0.370 e. The van der Waals surface area contributed by atoms with Crippen LogP contribution in [0.2, 0.25) is 0 Å². The molecule has 0 aliphatic carbocycles. The van der Waals surface area contributed by atoms with Crippen LogP contribution in [0.1, 0.15) is 32.8 Å². The van der Waals surface area contributed by atoms with Gasteiger partial charge in [-0.25, -0.2) is 0 Å². The van der Waals surface area contributed by atoms with Gasteiger partial charge in [-0.3, -0.25) is 0 Å². The van der Waals surface area contributed by atoms with Crippen molar-refractivity contribution in [3.63, 3.8) is 0 Å². The van der Waals surface area contributed by atoms with E-state index in [1.54, 1.807) is 24.3 Å². The Morgan fingerprint density at radius 1 is 0.864 bits per heavy atom. The van der Waals surface area contributed by atoms with Crippen LogP contribution in [0.15, 0.2) is 24.3 Å². The van der Waals surface area contributed by atoms with Crippen LogP contribution in [0.3, 0.4) is 0 Å². The molecule has 0 bridgehead atoms. The molecule has 3 nitrogen and oxygen atoms in total. The molecular formula is C15H23F3O3Si. The summed E-state index contributed by atoms with van der Waals surface area (Å²) in [6.07, 6.45) is -4.99. The van der Waals surface area contributed by atoms with Crippen molar-refractivity contribution >= 4 is 14.0 Å². The normalized spacial score (nSPS) is 12.6. The number of alkyl halides is 3. The maximum atomic E-state index is 12.3. The summed E-state index contributed by atoms with van der Waals surface area (Å²) in [7, 11) is -2.98. The zero-order valence-electron chi connectivity index (χ0n) is 13.2. The van der Waals surface area contributed by atoms with Crippen molar-refractivity contribution in [3.05, 3.63) is 29.8 Å². The van der Waals surface area contributed by atoms with Crippen LogP contribution >= 0.6 is 0 Å². The highest BCUT2D eigenvalue weighted by atomic mass is 28.4. The van der Waals surface area contributed by atoms with Crippen LogP contribution in [-0.2, 0) is 19.7 Å². The number of hydrogen-bond acceptors (Lipinski definition) is 3. The summed E-state index contributed by atoms with van der Waals surface area (Å²) >= 11 is 0. The summed E-state index contributed by atoms with van der Waals surface area (Å²) in [5, 5.41) is 0.772. The third kappa shape index (κ3) is 5.72. The first-order valence-corrected chi connectivity index (χ1v) is 9.17. The minimum absolute atomic E-state index is 0.0315. The van der Waals surface area contributed by atoms with Gasteiger partial charge in [0.25, 0.3) is 0 Å². The molecule has 0 aliphatic heterocycles. The molecule has 1 aromatic rings. The standard InChI is InChI=1S/C15H23F3O3Si/c1-4-19-22(20-5-2,21-6-3)14-9-7-13(8-10-14)11-12-15(16,17)18/h7-10H,4-6,11-12H2,1-3H3. The molecule has 0 spiro atoms. The van der Waals surface area contributed by atoms with Gasteiger partial charge in [0.15, 0.2) is 0 Å². The van der Waals surface area contributed by atoms with Gasteiger partial charge in [0.05, 0.1) is 0 Å². The third-order valence-corrected chi connectivity index (χ3v) is 6.05. The van der Waals surface area contributed by atoms with Crippen LogP contribution in [0.5, 0.6) is 0 Å². The maximum absolute atomic E-state index is 12.3.